The van der Waals surface area contributed by atoms with Crippen molar-refractivity contribution < 1.29 is 9.32 Å². The predicted octanol–water partition coefficient (Wildman–Crippen LogP) is 3.28. The molecule has 0 spiro atoms. The standard InChI is InChI=1S/C20H24N6O2/c1-3-17-23-19(28-24-17)14-9-10-18(21-11-14)26-12-16(22-13-26)20(27)25(2)15-7-5-4-6-8-15/h9-13,15H,3-8H2,1-2H3. The maximum absolute atomic E-state index is 12.8. The first-order valence-electron chi connectivity index (χ1n) is 9.76. The summed E-state index contributed by atoms with van der Waals surface area (Å²) in [6, 6.07) is 4.02. The fourth-order valence-electron chi connectivity index (χ4n) is 3.55. The third-order valence-electron chi connectivity index (χ3n) is 5.29. The van der Waals surface area contributed by atoms with E-state index in [-0.39, 0.29) is 5.91 Å². The second-order valence-electron chi connectivity index (χ2n) is 7.15. The first-order chi connectivity index (χ1) is 13.7. The van der Waals surface area contributed by atoms with Crippen LogP contribution in [0.5, 0.6) is 0 Å². The molecule has 3 aromatic heterocycles. The minimum absolute atomic E-state index is 0.0415. The highest BCUT2D eigenvalue weighted by molar-refractivity contribution is 5.92. The number of aromatic nitrogens is 5. The Kier molecular flexibility index (Phi) is 5.18. The molecule has 0 bridgehead atoms. The molecule has 0 N–H and O–H groups in total. The summed E-state index contributed by atoms with van der Waals surface area (Å²) in [6.07, 6.45) is 11.5. The molecule has 4 rings (SSSR count). The number of pyridine rings is 1. The number of amides is 1. The molecule has 1 aliphatic carbocycles. The Bertz CT molecular complexity index is 940. The highest BCUT2D eigenvalue weighted by atomic mass is 16.5. The Labute approximate surface area is 163 Å². The van der Waals surface area contributed by atoms with E-state index in [9.17, 15) is 4.79 Å². The Hall–Kier alpha value is -3.03. The second-order valence-corrected chi connectivity index (χ2v) is 7.15. The molecule has 0 atom stereocenters. The first kappa shape index (κ1) is 18.3. The van der Waals surface area contributed by atoms with Crippen LogP contribution in [0.25, 0.3) is 17.3 Å². The molecule has 8 nitrogen and oxygen atoms in total. The maximum atomic E-state index is 12.8. The summed E-state index contributed by atoms with van der Waals surface area (Å²) in [7, 11) is 1.87. The van der Waals surface area contributed by atoms with Gasteiger partial charge < -0.3 is 9.42 Å². The molecule has 0 aromatic carbocycles. The largest absolute Gasteiger partial charge is 0.337 e. The van der Waals surface area contributed by atoms with Crippen LogP contribution in [0.15, 0.2) is 35.4 Å². The lowest BCUT2D eigenvalue weighted by molar-refractivity contribution is 0.0691. The van der Waals surface area contributed by atoms with E-state index in [1.807, 2.05) is 31.0 Å². The summed E-state index contributed by atoms with van der Waals surface area (Å²) in [4.78, 5) is 27.6. The van der Waals surface area contributed by atoms with Crippen LogP contribution >= 0.6 is 0 Å². The van der Waals surface area contributed by atoms with Crippen molar-refractivity contribution in [2.45, 2.75) is 51.5 Å². The topological polar surface area (TPSA) is 89.9 Å². The quantitative estimate of drug-likeness (QED) is 0.675. The van der Waals surface area contributed by atoms with Crippen LogP contribution in [-0.2, 0) is 6.42 Å². The van der Waals surface area contributed by atoms with Gasteiger partial charge in [0.2, 0.25) is 0 Å². The maximum Gasteiger partial charge on any atom is 0.274 e. The molecule has 1 amide bonds. The van der Waals surface area contributed by atoms with E-state index in [0.29, 0.717) is 29.3 Å². The summed E-state index contributed by atoms with van der Waals surface area (Å²) in [5, 5.41) is 3.90. The lowest BCUT2D eigenvalue weighted by Crippen LogP contribution is -2.38. The molecule has 1 aliphatic rings. The molecule has 0 radical (unpaired) electrons. The average molecular weight is 380 g/mol. The van der Waals surface area contributed by atoms with Gasteiger partial charge in [-0.25, -0.2) is 9.97 Å². The van der Waals surface area contributed by atoms with Crippen molar-refractivity contribution in [2.75, 3.05) is 7.05 Å². The zero-order valence-electron chi connectivity index (χ0n) is 16.2. The Morgan fingerprint density at radius 3 is 2.75 bits per heavy atom. The van der Waals surface area contributed by atoms with E-state index in [0.717, 1.165) is 24.8 Å². The van der Waals surface area contributed by atoms with Gasteiger partial charge in [0.1, 0.15) is 17.8 Å². The molecule has 28 heavy (non-hydrogen) atoms. The number of nitrogens with zero attached hydrogens (tertiary/aromatic N) is 6. The minimum Gasteiger partial charge on any atom is -0.337 e. The second kappa shape index (κ2) is 7.92. The fraction of sp³-hybridized carbons (Fsp3) is 0.450. The van der Waals surface area contributed by atoms with Crippen LogP contribution in [0.4, 0.5) is 0 Å². The van der Waals surface area contributed by atoms with Crippen molar-refractivity contribution >= 4 is 5.91 Å². The minimum atomic E-state index is -0.0415. The summed E-state index contributed by atoms with van der Waals surface area (Å²) >= 11 is 0. The van der Waals surface area contributed by atoms with E-state index < -0.39 is 0 Å². The van der Waals surface area contributed by atoms with Gasteiger partial charge in [0.15, 0.2) is 5.82 Å². The van der Waals surface area contributed by atoms with Crippen molar-refractivity contribution in [3.8, 4) is 17.3 Å². The number of rotatable bonds is 5. The van der Waals surface area contributed by atoms with Crippen molar-refractivity contribution in [3.63, 3.8) is 0 Å². The van der Waals surface area contributed by atoms with Gasteiger partial charge in [0.25, 0.3) is 11.8 Å². The molecule has 0 saturated heterocycles. The number of carbonyl (C=O) groups excluding carboxylic acids is 1. The van der Waals surface area contributed by atoms with Crippen LogP contribution in [0.2, 0.25) is 0 Å². The van der Waals surface area contributed by atoms with E-state index in [4.69, 9.17) is 4.52 Å². The van der Waals surface area contributed by atoms with Gasteiger partial charge in [-0.1, -0.05) is 31.3 Å². The van der Waals surface area contributed by atoms with Gasteiger partial charge in [0.05, 0.1) is 5.56 Å². The molecule has 3 aromatic rings. The van der Waals surface area contributed by atoms with E-state index in [1.54, 1.807) is 23.3 Å². The Balaban J connectivity index is 1.48. The first-order valence-corrected chi connectivity index (χ1v) is 9.76. The Morgan fingerprint density at radius 2 is 2.07 bits per heavy atom. The van der Waals surface area contributed by atoms with Crippen molar-refractivity contribution in [1.29, 1.82) is 0 Å². The molecule has 1 fully saturated rings. The van der Waals surface area contributed by atoms with Crippen LogP contribution < -0.4 is 0 Å². The van der Waals surface area contributed by atoms with Crippen LogP contribution in [-0.4, -0.2) is 48.6 Å². The summed E-state index contributed by atoms with van der Waals surface area (Å²) in [6.45, 7) is 1.97. The van der Waals surface area contributed by atoms with E-state index in [2.05, 4.69) is 20.1 Å². The SMILES string of the molecule is CCc1noc(-c2ccc(-n3cnc(C(=O)N(C)C4CCCCC4)c3)nc2)n1. The van der Waals surface area contributed by atoms with Gasteiger partial charge in [-0.3, -0.25) is 9.36 Å². The number of aryl methyl sites for hydroxylation is 1. The Morgan fingerprint density at radius 1 is 1.25 bits per heavy atom. The number of carbonyl (C=O) groups is 1. The van der Waals surface area contributed by atoms with Crippen LogP contribution in [0, 0.1) is 0 Å². The number of hydrogen-bond acceptors (Lipinski definition) is 6. The molecule has 146 valence electrons. The summed E-state index contributed by atoms with van der Waals surface area (Å²) < 4.78 is 6.98. The van der Waals surface area contributed by atoms with Gasteiger partial charge >= 0.3 is 0 Å². The lowest BCUT2D eigenvalue weighted by Gasteiger charge is -2.30. The summed E-state index contributed by atoms with van der Waals surface area (Å²) in [5.74, 6) is 1.75. The average Bonchev–Trinajstić information content (AvgIpc) is 3.43. The monoisotopic (exact) mass is 380 g/mol. The normalized spacial score (nSPS) is 14.9. The van der Waals surface area contributed by atoms with E-state index in [1.165, 1.54) is 19.3 Å². The van der Waals surface area contributed by atoms with E-state index >= 15 is 0 Å². The molecule has 3 heterocycles. The predicted molar refractivity (Wildman–Crippen MR) is 103 cm³/mol. The molecule has 0 aliphatic heterocycles. The molecule has 0 unspecified atom stereocenters. The fourth-order valence-corrected chi connectivity index (χ4v) is 3.55. The highest BCUT2D eigenvalue weighted by Crippen LogP contribution is 2.23. The van der Waals surface area contributed by atoms with Gasteiger partial charge in [-0.05, 0) is 25.0 Å². The molecule has 8 heteroatoms. The van der Waals surface area contributed by atoms with Crippen molar-refractivity contribution in [1.82, 2.24) is 29.6 Å². The van der Waals surface area contributed by atoms with Crippen LogP contribution in [0.1, 0.15) is 55.3 Å². The van der Waals surface area contributed by atoms with Gasteiger partial charge in [0, 0.05) is 31.9 Å². The van der Waals surface area contributed by atoms with Crippen molar-refractivity contribution in [2.24, 2.45) is 0 Å². The van der Waals surface area contributed by atoms with Gasteiger partial charge in [-0.15, -0.1) is 0 Å². The van der Waals surface area contributed by atoms with Gasteiger partial charge in [-0.2, -0.15) is 4.98 Å². The number of imidazole rings is 1. The highest BCUT2D eigenvalue weighted by Gasteiger charge is 2.24. The molecule has 1 saturated carbocycles. The van der Waals surface area contributed by atoms with Crippen molar-refractivity contribution in [3.05, 3.63) is 42.4 Å². The third-order valence-corrected chi connectivity index (χ3v) is 5.29. The molecular weight excluding hydrogens is 356 g/mol. The third kappa shape index (κ3) is 3.67. The molecular formula is C20H24N6O2. The zero-order valence-corrected chi connectivity index (χ0v) is 16.2. The number of hydrogen-bond donors (Lipinski definition) is 0. The summed E-state index contributed by atoms with van der Waals surface area (Å²) in [5.41, 5.74) is 1.19. The smallest absolute Gasteiger partial charge is 0.274 e. The van der Waals surface area contributed by atoms with Crippen LogP contribution in [0.3, 0.4) is 0 Å². The zero-order chi connectivity index (χ0) is 19.5. The lowest BCUT2D eigenvalue weighted by atomic mass is 9.94.